The van der Waals surface area contributed by atoms with Gasteiger partial charge in [0.15, 0.2) is 0 Å². The molecule has 0 aliphatic heterocycles. The molecule has 7 heteroatoms. The van der Waals surface area contributed by atoms with Crippen LogP contribution in [0.3, 0.4) is 0 Å². The van der Waals surface area contributed by atoms with E-state index in [-0.39, 0.29) is 12.2 Å². The van der Waals surface area contributed by atoms with Crippen LogP contribution >= 0.6 is 0 Å². The van der Waals surface area contributed by atoms with E-state index < -0.39 is 17.9 Å². The number of H-pyrrole nitrogens is 1. The van der Waals surface area contributed by atoms with E-state index >= 15 is 0 Å². The number of imidazole rings is 1. The minimum absolute atomic E-state index is 0.119. The molecule has 0 spiro atoms. The Morgan fingerprint density at radius 3 is 2.87 bits per heavy atom. The normalized spacial score (nSPS) is 12.1. The van der Waals surface area contributed by atoms with Crippen molar-refractivity contribution in [2.45, 2.75) is 13.0 Å². The number of hydrogen-bond acceptors (Lipinski definition) is 4. The average molecular weight is 212 g/mol. The Balaban J connectivity index is 2.47. The number of nitrogens with zero attached hydrogens (tertiary/aromatic N) is 1. The molecule has 0 fully saturated rings. The van der Waals surface area contributed by atoms with E-state index in [1.165, 1.54) is 6.20 Å². The lowest BCUT2D eigenvalue weighted by molar-refractivity contribution is -0.138. The molecule has 0 saturated heterocycles. The number of aryl methyl sites for hydroxylation is 1. The first-order chi connectivity index (χ1) is 7.00. The van der Waals surface area contributed by atoms with E-state index in [9.17, 15) is 9.59 Å². The number of nitrogens with two attached hydrogens (primary N) is 1. The largest absolute Gasteiger partial charge is 0.480 e. The first-order valence-electron chi connectivity index (χ1n) is 4.29. The molecule has 1 heterocycles. The fourth-order valence-corrected chi connectivity index (χ4v) is 0.921. The summed E-state index contributed by atoms with van der Waals surface area (Å²) < 4.78 is 0. The van der Waals surface area contributed by atoms with Gasteiger partial charge in [0, 0.05) is 6.54 Å². The summed E-state index contributed by atoms with van der Waals surface area (Å²) in [5, 5.41) is 10.9. The van der Waals surface area contributed by atoms with Crippen molar-refractivity contribution < 1.29 is 14.7 Å². The van der Waals surface area contributed by atoms with Crippen LogP contribution in [0.15, 0.2) is 6.20 Å². The molecule has 1 amide bonds. The van der Waals surface area contributed by atoms with Crippen LogP contribution in [0.4, 0.5) is 0 Å². The summed E-state index contributed by atoms with van der Waals surface area (Å²) in [6.45, 7) is 1.59. The van der Waals surface area contributed by atoms with Crippen LogP contribution < -0.4 is 11.1 Å². The molecule has 0 bridgehead atoms. The van der Waals surface area contributed by atoms with Gasteiger partial charge in [0.05, 0.1) is 6.20 Å². The average Bonchev–Trinajstić information content (AvgIpc) is 2.60. The second-order valence-electron chi connectivity index (χ2n) is 3.04. The van der Waals surface area contributed by atoms with Crippen molar-refractivity contribution in [2.24, 2.45) is 5.73 Å². The molecule has 5 N–H and O–H groups in total. The fourth-order valence-electron chi connectivity index (χ4n) is 0.921. The number of carboxylic acid groups (broad SMARTS) is 1. The van der Waals surface area contributed by atoms with Crippen molar-refractivity contribution in [1.29, 1.82) is 0 Å². The van der Waals surface area contributed by atoms with Gasteiger partial charge >= 0.3 is 5.97 Å². The molecule has 0 aromatic carbocycles. The van der Waals surface area contributed by atoms with Crippen molar-refractivity contribution in [2.75, 3.05) is 6.54 Å². The number of rotatable bonds is 4. The number of nitrogens with one attached hydrogen (secondary N) is 2. The summed E-state index contributed by atoms with van der Waals surface area (Å²) >= 11 is 0. The molecule has 15 heavy (non-hydrogen) atoms. The SMILES string of the molecule is Cc1ncc(C(=O)NCC(N)C(=O)O)[nH]1. The second-order valence-corrected chi connectivity index (χ2v) is 3.04. The van der Waals surface area contributed by atoms with Crippen LogP contribution in [-0.4, -0.2) is 39.5 Å². The summed E-state index contributed by atoms with van der Waals surface area (Å²) in [7, 11) is 0. The highest BCUT2D eigenvalue weighted by atomic mass is 16.4. The summed E-state index contributed by atoms with van der Waals surface area (Å²) in [5.74, 6) is -0.967. The van der Waals surface area contributed by atoms with Gasteiger partial charge in [-0.1, -0.05) is 0 Å². The monoisotopic (exact) mass is 212 g/mol. The lowest BCUT2D eigenvalue weighted by atomic mass is 10.3. The standard InChI is InChI=1S/C8H12N4O3/c1-4-10-3-6(12-4)7(13)11-2-5(9)8(14)15/h3,5H,2,9H2,1H3,(H,10,12)(H,11,13)(H,14,15). The quantitative estimate of drug-likeness (QED) is 0.502. The van der Waals surface area contributed by atoms with Gasteiger partial charge in [-0.2, -0.15) is 0 Å². The van der Waals surface area contributed by atoms with Crippen LogP contribution in [0, 0.1) is 6.92 Å². The molecule has 82 valence electrons. The van der Waals surface area contributed by atoms with Gasteiger partial charge in [-0.3, -0.25) is 9.59 Å². The molecule has 1 rings (SSSR count). The Morgan fingerprint density at radius 2 is 2.40 bits per heavy atom. The lowest BCUT2D eigenvalue weighted by Gasteiger charge is -2.06. The summed E-state index contributed by atoms with van der Waals surface area (Å²) in [6.07, 6.45) is 1.37. The zero-order valence-electron chi connectivity index (χ0n) is 8.15. The zero-order chi connectivity index (χ0) is 11.4. The predicted octanol–water partition coefficient (Wildman–Crippen LogP) is -1.14. The molecule has 1 aromatic heterocycles. The number of carbonyl (C=O) groups excluding carboxylic acids is 1. The maximum atomic E-state index is 11.4. The van der Waals surface area contributed by atoms with Gasteiger partial charge in [0.1, 0.15) is 17.6 Å². The number of amides is 1. The maximum absolute atomic E-state index is 11.4. The Hall–Kier alpha value is -1.89. The first kappa shape index (κ1) is 11.2. The highest BCUT2D eigenvalue weighted by Gasteiger charge is 2.14. The number of hydrogen-bond donors (Lipinski definition) is 4. The number of aromatic nitrogens is 2. The second kappa shape index (κ2) is 4.56. The van der Waals surface area contributed by atoms with E-state index in [1.54, 1.807) is 6.92 Å². The summed E-state index contributed by atoms with van der Waals surface area (Å²) in [6, 6.07) is -1.10. The molecule has 0 aliphatic carbocycles. The molecule has 1 aromatic rings. The summed E-state index contributed by atoms with van der Waals surface area (Å²) in [5.41, 5.74) is 5.49. The minimum Gasteiger partial charge on any atom is -0.480 e. The van der Waals surface area contributed by atoms with Crippen molar-refractivity contribution in [3.05, 3.63) is 17.7 Å². The zero-order valence-corrected chi connectivity index (χ0v) is 8.15. The van der Waals surface area contributed by atoms with E-state index in [0.29, 0.717) is 5.82 Å². The van der Waals surface area contributed by atoms with Crippen LogP contribution in [0.2, 0.25) is 0 Å². The number of carboxylic acids is 1. The van der Waals surface area contributed by atoms with E-state index in [2.05, 4.69) is 15.3 Å². The van der Waals surface area contributed by atoms with E-state index in [0.717, 1.165) is 0 Å². The Morgan fingerprint density at radius 1 is 1.73 bits per heavy atom. The third-order valence-corrected chi connectivity index (χ3v) is 1.75. The van der Waals surface area contributed by atoms with E-state index in [1.807, 2.05) is 0 Å². The Bertz CT molecular complexity index is 374. The maximum Gasteiger partial charge on any atom is 0.322 e. The molecule has 0 aliphatic rings. The van der Waals surface area contributed by atoms with Gasteiger partial charge in [-0.05, 0) is 6.92 Å². The molecule has 0 saturated carbocycles. The summed E-state index contributed by atoms with van der Waals surface area (Å²) in [4.78, 5) is 28.3. The van der Waals surface area contributed by atoms with Crippen LogP contribution in [0.1, 0.15) is 16.3 Å². The minimum atomic E-state index is -1.16. The highest BCUT2D eigenvalue weighted by Crippen LogP contribution is 1.94. The Labute approximate surface area is 85.7 Å². The smallest absolute Gasteiger partial charge is 0.322 e. The van der Waals surface area contributed by atoms with Crippen LogP contribution in [0.5, 0.6) is 0 Å². The van der Waals surface area contributed by atoms with Crippen molar-refractivity contribution in [3.63, 3.8) is 0 Å². The van der Waals surface area contributed by atoms with Gasteiger partial charge in [0.25, 0.3) is 5.91 Å². The fraction of sp³-hybridized carbons (Fsp3) is 0.375. The van der Waals surface area contributed by atoms with Gasteiger partial charge in [-0.15, -0.1) is 0 Å². The van der Waals surface area contributed by atoms with Gasteiger partial charge < -0.3 is 21.1 Å². The number of aromatic amines is 1. The molecule has 7 nitrogen and oxygen atoms in total. The van der Waals surface area contributed by atoms with Crippen molar-refractivity contribution in [1.82, 2.24) is 15.3 Å². The first-order valence-corrected chi connectivity index (χ1v) is 4.29. The van der Waals surface area contributed by atoms with Crippen molar-refractivity contribution >= 4 is 11.9 Å². The molecule has 0 radical (unpaired) electrons. The molecular formula is C8H12N4O3. The predicted molar refractivity (Wildman–Crippen MR) is 51.3 cm³/mol. The molecular weight excluding hydrogens is 200 g/mol. The van der Waals surface area contributed by atoms with Gasteiger partial charge in [-0.25, -0.2) is 4.98 Å². The third-order valence-electron chi connectivity index (χ3n) is 1.75. The van der Waals surface area contributed by atoms with Crippen molar-refractivity contribution in [3.8, 4) is 0 Å². The van der Waals surface area contributed by atoms with E-state index in [4.69, 9.17) is 10.8 Å². The number of aliphatic carboxylic acids is 1. The van der Waals surface area contributed by atoms with Crippen LogP contribution in [0.25, 0.3) is 0 Å². The van der Waals surface area contributed by atoms with Crippen LogP contribution in [-0.2, 0) is 4.79 Å². The molecule has 1 unspecified atom stereocenters. The lowest BCUT2D eigenvalue weighted by Crippen LogP contribution is -2.42. The highest BCUT2D eigenvalue weighted by molar-refractivity contribution is 5.92. The topological polar surface area (TPSA) is 121 Å². The van der Waals surface area contributed by atoms with Gasteiger partial charge in [0.2, 0.25) is 0 Å². The molecule has 1 atom stereocenters. The third kappa shape index (κ3) is 3.06. The Kier molecular flexibility index (Phi) is 3.40. The number of carbonyl (C=O) groups is 2.